The molecular weight excluding hydrogens is 349 g/mol. The fourth-order valence-electron chi connectivity index (χ4n) is 2.87. The number of hydrogen-bond donors (Lipinski definition) is 1. The molecule has 1 heterocycles. The number of aromatic carboxylic acids is 1. The van der Waals surface area contributed by atoms with Crippen molar-refractivity contribution in [1.82, 2.24) is 0 Å². The molecule has 0 aliphatic heterocycles. The highest BCUT2D eigenvalue weighted by Crippen LogP contribution is 2.27. The van der Waals surface area contributed by atoms with E-state index in [4.69, 9.17) is 5.11 Å². The van der Waals surface area contributed by atoms with Gasteiger partial charge in [-0.05, 0) is 42.3 Å². The summed E-state index contributed by atoms with van der Waals surface area (Å²) >= 11 is 1.30. The zero-order valence-corrected chi connectivity index (χ0v) is 14.9. The number of rotatable bonds is 10. The number of fused-ring (bicyclic) bond motifs is 1. The molecule has 25 heavy (non-hydrogen) atoms. The second-order valence-electron chi connectivity index (χ2n) is 6.38. The summed E-state index contributed by atoms with van der Waals surface area (Å²) in [6.07, 6.45) is 2.19. The third-order valence-corrected chi connectivity index (χ3v) is 5.31. The molecule has 2 nitrogen and oxygen atoms in total. The summed E-state index contributed by atoms with van der Waals surface area (Å²) in [5.41, 5.74) is 1.21. The maximum absolute atomic E-state index is 12.0. The molecule has 0 bridgehead atoms. The Balaban J connectivity index is 1.62. The largest absolute Gasteiger partial charge is 0.477 e. The predicted molar refractivity (Wildman–Crippen MR) is 95.5 cm³/mol. The average molecular weight is 372 g/mol. The Kier molecular flexibility index (Phi) is 7.29. The van der Waals surface area contributed by atoms with Gasteiger partial charge in [0, 0.05) is 11.1 Å². The van der Waals surface area contributed by atoms with Crippen LogP contribution in [0.1, 0.15) is 66.6 Å². The molecule has 0 radical (unpaired) electrons. The number of halogens is 3. The zero-order valence-electron chi connectivity index (χ0n) is 14.1. The van der Waals surface area contributed by atoms with Crippen molar-refractivity contribution in [3.05, 3.63) is 34.7 Å². The standard InChI is InChI=1S/C19H23F3O2S/c20-19(21,22)11-7-5-3-1-2-4-6-8-14-9-10-15-13-17(18(23)24)25-16(15)12-14/h9-10,12-13H,1-8,11H2,(H,23,24). The molecule has 0 aliphatic rings. The lowest BCUT2D eigenvalue weighted by Gasteiger charge is -2.06. The molecule has 2 aromatic rings. The second kappa shape index (κ2) is 9.22. The van der Waals surface area contributed by atoms with Gasteiger partial charge in [0.1, 0.15) is 4.88 Å². The van der Waals surface area contributed by atoms with Gasteiger partial charge in [0.25, 0.3) is 0 Å². The van der Waals surface area contributed by atoms with Crippen LogP contribution in [0.4, 0.5) is 13.2 Å². The molecule has 0 saturated carbocycles. The van der Waals surface area contributed by atoms with E-state index in [0.29, 0.717) is 11.3 Å². The Labute approximate surface area is 149 Å². The summed E-state index contributed by atoms with van der Waals surface area (Å²) in [6.45, 7) is 0. The Hall–Kier alpha value is -1.56. The van der Waals surface area contributed by atoms with Gasteiger partial charge in [-0.25, -0.2) is 4.79 Å². The van der Waals surface area contributed by atoms with E-state index in [1.54, 1.807) is 6.07 Å². The van der Waals surface area contributed by atoms with Gasteiger partial charge in [-0.1, -0.05) is 44.2 Å². The SMILES string of the molecule is O=C(O)c1cc2ccc(CCCCCCCCCC(F)(F)F)cc2s1. The van der Waals surface area contributed by atoms with Crippen LogP contribution in [0, 0.1) is 0 Å². The van der Waals surface area contributed by atoms with Crippen molar-refractivity contribution in [1.29, 1.82) is 0 Å². The highest BCUT2D eigenvalue weighted by Gasteiger charge is 2.25. The predicted octanol–water partition coefficient (Wildman–Crippen LogP) is 6.83. The fourth-order valence-corrected chi connectivity index (χ4v) is 3.84. The first-order valence-corrected chi connectivity index (χ1v) is 9.49. The van der Waals surface area contributed by atoms with Crippen LogP contribution in [0.3, 0.4) is 0 Å². The molecule has 0 amide bonds. The minimum atomic E-state index is -4.02. The fraction of sp³-hybridized carbons (Fsp3) is 0.526. The van der Waals surface area contributed by atoms with Gasteiger partial charge < -0.3 is 5.11 Å². The van der Waals surface area contributed by atoms with E-state index in [2.05, 4.69) is 6.07 Å². The minimum Gasteiger partial charge on any atom is -0.477 e. The molecule has 0 spiro atoms. The lowest BCUT2D eigenvalue weighted by atomic mass is 10.0. The van der Waals surface area contributed by atoms with Crippen molar-refractivity contribution in [2.75, 3.05) is 0 Å². The van der Waals surface area contributed by atoms with E-state index >= 15 is 0 Å². The van der Waals surface area contributed by atoms with Crippen molar-refractivity contribution >= 4 is 27.4 Å². The van der Waals surface area contributed by atoms with E-state index in [9.17, 15) is 18.0 Å². The summed E-state index contributed by atoms with van der Waals surface area (Å²) < 4.78 is 37.0. The summed E-state index contributed by atoms with van der Waals surface area (Å²) in [6, 6.07) is 7.76. The molecule has 2 rings (SSSR count). The van der Waals surface area contributed by atoms with Crippen LogP contribution in [0.2, 0.25) is 0 Å². The molecule has 1 aromatic heterocycles. The summed E-state index contributed by atoms with van der Waals surface area (Å²) in [5, 5.41) is 9.99. The molecule has 6 heteroatoms. The van der Waals surface area contributed by atoms with Gasteiger partial charge in [-0.2, -0.15) is 13.2 Å². The van der Waals surface area contributed by atoms with Crippen LogP contribution in [0.5, 0.6) is 0 Å². The summed E-state index contributed by atoms with van der Waals surface area (Å²) in [4.78, 5) is 11.4. The van der Waals surface area contributed by atoms with Crippen molar-refractivity contribution in [2.24, 2.45) is 0 Å². The summed E-state index contributed by atoms with van der Waals surface area (Å²) in [5.74, 6) is -0.891. The Bertz CT molecular complexity index is 692. The smallest absolute Gasteiger partial charge is 0.389 e. The molecule has 1 aromatic carbocycles. The number of hydrogen-bond acceptors (Lipinski definition) is 2. The maximum atomic E-state index is 12.0. The van der Waals surface area contributed by atoms with Crippen LogP contribution in [0.25, 0.3) is 10.1 Å². The van der Waals surface area contributed by atoms with E-state index in [-0.39, 0.29) is 6.42 Å². The Morgan fingerprint density at radius 2 is 1.60 bits per heavy atom. The number of aryl methyl sites for hydroxylation is 1. The van der Waals surface area contributed by atoms with Gasteiger partial charge in [-0.15, -0.1) is 11.3 Å². The molecule has 0 aliphatic carbocycles. The van der Waals surface area contributed by atoms with E-state index in [1.807, 2.05) is 12.1 Å². The van der Waals surface area contributed by atoms with Crippen molar-refractivity contribution in [2.45, 2.75) is 64.0 Å². The van der Waals surface area contributed by atoms with Crippen molar-refractivity contribution in [3.63, 3.8) is 0 Å². The van der Waals surface area contributed by atoms with Crippen LogP contribution in [0.15, 0.2) is 24.3 Å². The van der Waals surface area contributed by atoms with Gasteiger partial charge in [-0.3, -0.25) is 0 Å². The second-order valence-corrected chi connectivity index (χ2v) is 7.46. The monoisotopic (exact) mass is 372 g/mol. The molecule has 0 fully saturated rings. The van der Waals surface area contributed by atoms with Crippen LogP contribution < -0.4 is 0 Å². The average Bonchev–Trinajstić information content (AvgIpc) is 2.96. The topological polar surface area (TPSA) is 37.3 Å². The summed E-state index contributed by atoms with van der Waals surface area (Å²) in [7, 11) is 0. The van der Waals surface area contributed by atoms with Gasteiger partial charge in [0.05, 0.1) is 0 Å². The number of carboxylic acids is 1. The number of carboxylic acid groups (broad SMARTS) is 1. The quantitative estimate of drug-likeness (QED) is 0.464. The number of carbonyl (C=O) groups is 1. The zero-order chi connectivity index (χ0) is 18.3. The first kappa shape index (κ1) is 19.8. The lowest BCUT2D eigenvalue weighted by Crippen LogP contribution is -2.06. The maximum Gasteiger partial charge on any atom is 0.389 e. The Morgan fingerprint density at radius 1 is 0.960 bits per heavy atom. The molecule has 1 N–H and O–H groups in total. The molecular formula is C19H23F3O2S. The van der Waals surface area contributed by atoms with Crippen molar-refractivity contribution < 1.29 is 23.1 Å². The molecule has 0 atom stereocenters. The Morgan fingerprint density at radius 3 is 2.24 bits per heavy atom. The lowest BCUT2D eigenvalue weighted by molar-refractivity contribution is -0.135. The van der Waals surface area contributed by atoms with E-state index < -0.39 is 18.6 Å². The van der Waals surface area contributed by atoms with Gasteiger partial charge in [0.15, 0.2) is 0 Å². The first-order valence-electron chi connectivity index (χ1n) is 8.68. The van der Waals surface area contributed by atoms with Crippen LogP contribution in [-0.4, -0.2) is 17.3 Å². The van der Waals surface area contributed by atoms with E-state index in [1.165, 1.54) is 16.9 Å². The molecule has 0 unspecified atom stereocenters. The molecule has 138 valence electrons. The normalized spacial score (nSPS) is 12.0. The van der Waals surface area contributed by atoms with E-state index in [0.717, 1.165) is 48.6 Å². The third-order valence-electron chi connectivity index (χ3n) is 4.22. The van der Waals surface area contributed by atoms with Gasteiger partial charge in [0.2, 0.25) is 0 Å². The first-order chi connectivity index (χ1) is 11.8. The van der Waals surface area contributed by atoms with Crippen LogP contribution >= 0.6 is 11.3 Å². The van der Waals surface area contributed by atoms with Gasteiger partial charge >= 0.3 is 12.1 Å². The van der Waals surface area contributed by atoms with Crippen molar-refractivity contribution in [3.8, 4) is 0 Å². The highest BCUT2D eigenvalue weighted by atomic mass is 32.1. The number of unbranched alkanes of at least 4 members (excludes halogenated alkanes) is 6. The molecule has 0 saturated heterocycles. The minimum absolute atomic E-state index is 0.239. The number of alkyl halides is 3. The number of benzene rings is 1. The number of thiophene rings is 1. The third kappa shape index (κ3) is 7.06. The van der Waals surface area contributed by atoms with Crippen LogP contribution in [-0.2, 0) is 6.42 Å². The highest BCUT2D eigenvalue weighted by molar-refractivity contribution is 7.20.